The van der Waals surface area contributed by atoms with E-state index >= 15 is 0 Å². The standard InChI is InChI=1S/C17H15ClN2OS/c1-20(2)14-8-6-11(7-9-14)15-16(21-17(22)19-15)12-4-3-5-13(18)10-12/h3-10H,1-2H3,(H,19,22). The summed E-state index contributed by atoms with van der Waals surface area (Å²) in [5.74, 6) is 0.699. The van der Waals surface area contributed by atoms with Crippen LogP contribution in [0.15, 0.2) is 52.9 Å². The Morgan fingerprint density at radius 2 is 1.77 bits per heavy atom. The van der Waals surface area contributed by atoms with Crippen LogP contribution < -0.4 is 4.90 Å². The second kappa shape index (κ2) is 5.99. The average Bonchev–Trinajstić information content (AvgIpc) is 2.89. The van der Waals surface area contributed by atoms with Gasteiger partial charge in [0.15, 0.2) is 5.76 Å². The first-order chi connectivity index (χ1) is 10.5. The highest BCUT2D eigenvalue weighted by atomic mass is 35.5. The molecule has 0 unspecified atom stereocenters. The lowest BCUT2D eigenvalue weighted by atomic mass is 10.1. The molecule has 22 heavy (non-hydrogen) atoms. The van der Waals surface area contributed by atoms with Gasteiger partial charge in [-0.25, -0.2) is 0 Å². The normalized spacial score (nSPS) is 10.7. The summed E-state index contributed by atoms with van der Waals surface area (Å²) in [5.41, 5.74) is 3.90. The van der Waals surface area contributed by atoms with Gasteiger partial charge in [-0.1, -0.05) is 35.9 Å². The number of aromatic amines is 1. The summed E-state index contributed by atoms with van der Waals surface area (Å²) in [6, 6.07) is 15.7. The summed E-state index contributed by atoms with van der Waals surface area (Å²) in [6.45, 7) is 0. The van der Waals surface area contributed by atoms with E-state index in [0.29, 0.717) is 15.6 Å². The number of nitrogens with one attached hydrogen (secondary N) is 1. The molecule has 0 aliphatic rings. The van der Waals surface area contributed by atoms with Gasteiger partial charge >= 0.3 is 0 Å². The monoisotopic (exact) mass is 330 g/mol. The number of benzene rings is 2. The largest absolute Gasteiger partial charge is 0.429 e. The molecule has 0 atom stereocenters. The zero-order valence-corrected chi connectivity index (χ0v) is 13.8. The fourth-order valence-corrected chi connectivity index (χ4v) is 2.67. The third-order valence-electron chi connectivity index (χ3n) is 3.41. The van der Waals surface area contributed by atoms with Crippen molar-refractivity contribution in [2.24, 2.45) is 0 Å². The summed E-state index contributed by atoms with van der Waals surface area (Å²) in [7, 11) is 4.02. The van der Waals surface area contributed by atoms with Gasteiger partial charge in [0.25, 0.3) is 4.84 Å². The molecular weight excluding hydrogens is 316 g/mol. The van der Waals surface area contributed by atoms with Crippen molar-refractivity contribution in [1.29, 1.82) is 0 Å². The maximum Gasteiger partial charge on any atom is 0.266 e. The number of H-pyrrole nitrogens is 1. The Kier molecular flexibility index (Phi) is 4.05. The van der Waals surface area contributed by atoms with Crippen LogP contribution in [0.1, 0.15) is 0 Å². The minimum Gasteiger partial charge on any atom is -0.429 e. The Bertz CT molecular complexity index is 850. The van der Waals surface area contributed by atoms with Gasteiger partial charge in [-0.2, -0.15) is 0 Å². The van der Waals surface area contributed by atoms with E-state index in [-0.39, 0.29) is 0 Å². The fourth-order valence-electron chi connectivity index (χ4n) is 2.29. The molecule has 0 saturated carbocycles. The summed E-state index contributed by atoms with van der Waals surface area (Å²) >= 11 is 11.2. The highest BCUT2D eigenvalue weighted by Gasteiger charge is 2.13. The molecule has 1 N–H and O–H groups in total. The Labute approximate surface area is 139 Å². The molecule has 5 heteroatoms. The Balaban J connectivity index is 2.10. The Morgan fingerprint density at radius 3 is 2.41 bits per heavy atom. The topological polar surface area (TPSA) is 32.2 Å². The molecule has 3 aromatic rings. The van der Waals surface area contributed by atoms with Gasteiger partial charge in [0, 0.05) is 35.9 Å². The third-order valence-corrected chi connectivity index (χ3v) is 3.83. The van der Waals surface area contributed by atoms with Gasteiger partial charge in [0.1, 0.15) is 0 Å². The van der Waals surface area contributed by atoms with Crippen LogP contribution in [0.25, 0.3) is 22.6 Å². The van der Waals surface area contributed by atoms with Crippen molar-refractivity contribution < 1.29 is 4.42 Å². The van der Waals surface area contributed by atoms with Crippen LogP contribution in [0.5, 0.6) is 0 Å². The lowest BCUT2D eigenvalue weighted by Gasteiger charge is -2.12. The summed E-state index contributed by atoms with van der Waals surface area (Å²) < 4.78 is 5.68. The minimum absolute atomic E-state index is 0.349. The van der Waals surface area contributed by atoms with Crippen LogP contribution in [-0.4, -0.2) is 19.1 Å². The lowest BCUT2D eigenvalue weighted by molar-refractivity contribution is 0.554. The van der Waals surface area contributed by atoms with Crippen LogP contribution in [-0.2, 0) is 0 Å². The van der Waals surface area contributed by atoms with Gasteiger partial charge < -0.3 is 14.3 Å². The van der Waals surface area contributed by atoms with Crippen molar-refractivity contribution in [3.8, 4) is 22.6 Å². The van der Waals surface area contributed by atoms with E-state index in [9.17, 15) is 0 Å². The van der Waals surface area contributed by atoms with Crippen LogP contribution in [0, 0.1) is 4.84 Å². The smallest absolute Gasteiger partial charge is 0.266 e. The minimum atomic E-state index is 0.349. The highest BCUT2D eigenvalue weighted by molar-refractivity contribution is 7.71. The molecule has 0 radical (unpaired) electrons. The van der Waals surface area contributed by atoms with Crippen molar-refractivity contribution in [3.63, 3.8) is 0 Å². The van der Waals surface area contributed by atoms with E-state index in [4.69, 9.17) is 28.2 Å². The van der Waals surface area contributed by atoms with Crippen molar-refractivity contribution in [2.75, 3.05) is 19.0 Å². The summed E-state index contributed by atoms with van der Waals surface area (Å²) in [5, 5.41) is 0.661. The molecule has 1 heterocycles. The first-order valence-corrected chi connectivity index (χ1v) is 7.60. The zero-order valence-electron chi connectivity index (χ0n) is 12.3. The predicted octanol–water partition coefficient (Wildman–Crippen LogP) is 5.39. The Hall–Kier alpha value is -2.04. The number of hydrogen-bond donors (Lipinski definition) is 1. The van der Waals surface area contributed by atoms with E-state index in [1.54, 1.807) is 0 Å². The molecule has 0 aliphatic carbocycles. The third kappa shape index (κ3) is 2.93. The molecule has 0 fully saturated rings. The van der Waals surface area contributed by atoms with Crippen molar-refractivity contribution >= 4 is 29.5 Å². The molecule has 0 spiro atoms. The molecule has 0 amide bonds. The molecular formula is C17H15ClN2OS. The predicted molar refractivity (Wildman–Crippen MR) is 94.1 cm³/mol. The number of hydrogen-bond acceptors (Lipinski definition) is 3. The fraction of sp³-hybridized carbons (Fsp3) is 0.118. The van der Waals surface area contributed by atoms with Crippen molar-refractivity contribution in [1.82, 2.24) is 4.98 Å². The molecule has 0 saturated heterocycles. The van der Waals surface area contributed by atoms with Crippen molar-refractivity contribution in [2.45, 2.75) is 0 Å². The van der Waals surface area contributed by atoms with Gasteiger partial charge in [-0.3, -0.25) is 0 Å². The molecule has 3 rings (SSSR count). The number of anilines is 1. The van der Waals surface area contributed by atoms with Crippen LogP contribution >= 0.6 is 23.8 Å². The van der Waals surface area contributed by atoms with Gasteiger partial charge in [0.05, 0.1) is 5.69 Å². The Morgan fingerprint density at radius 1 is 1.05 bits per heavy atom. The van der Waals surface area contributed by atoms with E-state index in [2.05, 4.69) is 22.0 Å². The maximum atomic E-state index is 6.07. The number of nitrogens with zero attached hydrogens (tertiary/aromatic N) is 1. The first-order valence-electron chi connectivity index (χ1n) is 6.81. The molecule has 0 bridgehead atoms. The number of rotatable bonds is 3. The van der Waals surface area contributed by atoms with Crippen molar-refractivity contribution in [3.05, 3.63) is 58.4 Å². The van der Waals surface area contributed by atoms with E-state index in [1.165, 1.54) is 0 Å². The molecule has 0 aliphatic heterocycles. The summed E-state index contributed by atoms with van der Waals surface area (Å²) in [4.78, 5) is 5.52. The first kappa shape index (κ1) is 14.9. The van der Waals surface area contributed by atoms with E-state index < -0.39 is 0 Å². The second-order valence-corrected chi connectivity index (χ2v) is 5.98. The number of aromatic nitrogens is 1. The number of oxazole rings is 1. The molecule has 2 aromatic carbocycles. The van der Waals surface area contributed by atoms with E-state index in [1.807, 2.05) is 50.5 Å². The lowest BCUT2D eigenvalue weighted by Crippen LogP contribution is -2.07. The maximum absolute atomic E-state index is 6.07. The molecule has 112 valence electrons. The van der Waals surface area contributed by atoms with Gasteiger partial charge in [-0.15, -0.1) is 0 Å². The van der Waals surface area contributed by atoms with E-state index in [0.717, 1.165) is 22.5 Å². The SMILES string of the molecule is CN(C)c1ccc(-c2[nH]c(=S)oc2-c2cccc(Cl)c2)cc1. The quantitative estimate of drug-likeness (QED) is 0.653. The molecule has 1 aromatic heterocycles. The van der Waals surface area contributed by atoms with Gasteiger partial charge in [0.2, 0.25) is 0 Å². The summed E-state index contributed by atoms with van der Waals surface area (Å²) in [6.07, 6.45) is 0. The van der Waals surface area contributed by atoms with Crippen LogP contribution in [0.3, 0.4) is 0 Å². The second-order valence-electron chi connectivity index (χ2n) is 5.17. The highest BCUT2D eigenvalue weighted by Crippen LogP contribution is 2.33. The molecule has 3 nitrogen and oxygen atoms in total. The van der Waals surface area contributed by atoms with Crippen LogP contribution in [0.2, 0.25) is 5.02 Å². The van der Waals surface area contributed by atoms with Crippen LogP contribution in [0.4, 0.5) is 5.69 Å². The zero-order chi connectivity index (χ0) is 15.7. The average molecular weight is 331 g/mol. The van der Waals surface area contributed by atoms with Gasteiger partial charge in [-0.05, 0) is 36.5 Å². The number of halogens is 1.